The molecule has 6 nitrogen and oxygen atoms in total. The summed E-state index contributed by atoms with van der Waals surface area (Å²) in [4.78, 5) is 13.1. The molecule has 0 aliphatic heterocycles. The first-order valence-electron chi connectivity index (χ1n) is 5.36. The fraction of sp³-hybridized carbons (Fsp3) is 0.700. The molecule has 0 spiro atoms. The summed E-state index contributed by atoms with van der Waals surface area (Å²) in [5.74, 6) is 0. The maximum atomic E-state index is 11.5. The Morgan fingerprint density at radius 2 is 2.38 bits per heavy atom. The van der Waals surface area contributed by atoms with Crippen LogP contribution in [0, 0.1) is 0 Å². The molecule has 0 saturated heterocycles. The number of carbonyl (C=O) groups excluding carboxylic acids is 1. The number of ether oxygens (including phenoxy) is 1. The largest absolute Gasteiger partial charge is 0.443 e. The molecule has 0 radical (unpaired) electrons. The lowest BCUT2D eigenvalue weighted by atomic mass is 10.3. The number of amides is 1. The zero-order valence-corrected chi connectivity index (χ0v) is 10.0. The van der Waals surface area contributed by atoms with Crippen molar-refractivity contribution in [1.82, 2.24) is 19.9 Å². The van der Waals surface area contributed by atoms with E-state index in [0.717, 1.165) is 25.1 Å². The van der Waals surface area contributed by atoms with Crippen LogP contribution in [0.5, 0.6) is 0 Å². The first-order valence-corrected chi connectivity index (χ1v) is 5.36. The number of aromatic nitrogens is 3. The quantitative estimate of drug-likeness (QED) is 0.756. The third kappa shape index (κ3) is 3.52. The van der Waals surface area contributed by atoms with Gasteiger partial charge < -0.3 is 9.64 Å². The van der Waals surface area contributed by atoms with E-state index in [1.54, 1.807) is 29.9 Å². The normalized spacial score (nSPS) is 10.2. The average Bonchev–Trinajstić information content (AvgIpc) is 2.68. The summed E-state index contributed by atoms with van der Waals surface area (Å²) in [7, 11) is 3.50. The van der Waals surface area contributed by atoms with E-state index in [2.05, 4.69) is 17.2 Å². The summed E-state index contributed by atoms with van der Waals surface area (Å²) in [6.45, 7) is 3.01. The minimum Gasteiger partial charge on any atom is -0.443 e. The molecule has 0 N–H and O–H groups in total. The van der Waals surface area contributed by atoms with Gasteiger partial charge in [0.1, 0.15) is 6.61 Å². The molecule has 0 saturated carbocycles. The number of carbonyl (C=O) groups is 1. The van der Waals surface area contributed by atoms with E-state index in [-0.39, 0.29) is 12.7 Å². The van der Waals surface area contributed by atoms with Gasteiger partial charge >= 0.3 is 6.09 Å². The first-order chi connectivity index (χ1) is 7.65. The Bertz CT molecular complexity index is 337. The molecule has 0 fully saturated rings. The van der Waals surface area contributed by atoms with Crippen molar-refractivity contribution < 1.29 is 9.53 Å². The van der Waals surface area contributed by atoms with E-state index < -0.39 is 0 Å². The van der Waals surface area contributed by atoms with Gasteiger partial charge in [-0.1, -0.05) is 18.6 Å². The topological polar surface area (TPSA) is 60.3 Å². The van der Waals surface area contributed by atoms with Gasteiger partial charge in [0.05, 0.1) is 11.9 Å². The number of hydrogen-bond donors (Lipinski definition) is 0. The SMILES string of the molecule is CCCCN(C)C(=O)OCc1cnnn1C. The maximum Gasteiger partial charge on any atom is 0.409 e. The van der Waals surface area contributed by atoms with Crippen LogP contribution in [0.1, 0.15) is 25.5 Å². The highest BCUT2D eigenvalue weighted by molar-refractivity contribution is 5.67. The van der Waals surface area contributed by atoms with Crippen LogP contribution in [-0.2, 0) is 18.4 Å². The van der Waals surface area contributed by atoms with Crippen molar-refractivity contribution in [3.63, 3.8) is 0 Å². The van der Waals surface area contributed by atoms with Gasteiger partial charge in [-0.3, -0.25) is 0 Å². The predicted octanol–water partition coefficient (Wildman–Crippen LogP) is 1.18. The van der Waals surface area contributed by atoms with Crippen molar-refractivity contribution in [2.45, 2.75) is 26.4 Å². The predicted molar refractivity (Wildman–Crippen MR) is 58.7 cm³/mol. The Hall–Kier alpha value is -1.59. The molecule has 0 aromatic carbocycles. The zero-order chi connectivity index (χ0) is 12.0. The van der Waals surface area contributed by atoms with E-state index in [0.29, 0.717) is 0 Å². The van der Waals surface area contributed by atoms with Crippen molar-refractivity contribution in [2.24, 2.45) is 7.05 Å². The van der Waals surface area contributed by atoms with E-state index in [1.165, 1.54) is 0 Å². The van der Waals surface area contributed by atoms with E-state index in [1.807, 2.05) is 0 Å². The second-order valence-electron chi connectivity index (χ2n) is 3.68. The van der Waals surface area contributed by atoms with Crippen molar-refractivity contribution in [3.05, 3.63) is 11.9 Å². The Labute approximate surface area is 95.2 Å². The molecule has 0 unspecified atom stereocenters. The minimum atomic E-state index is -0.311. The monoisotopic (exact) mass is 226 g/mol. The molecule has 1 heterocycles. The Morgan fingerprint density at radius 1 is 1.62 bits per heavy atom. The third-order valence-corrected chi connectivity index (χ3v) is 2.31. The number of rotatable bonds is 5. The number of unbranched alkanes of at least 4 members (excludes halogenated alkanes) is 1. The second kappa shape index (κ2) is 6.09. The Kier molecular flexibility index (Phi) is 4.75. The molecule has 0 atom stereocenters. The molecular formula is C10H18N4O2. The van der Waals surface area contributed by atoms with Crippen molar-refractivity contribution in [2.75, 3.05) is 13.6 Å². The van der Waals surface area contributed by atoms with Gasteiger partial charge in [-0.2, -0.15) is 0 Å². The highest BCUT2D eigenvalue weighted by Crippen LogP contribution is 2.00. The molecule has 0 bridgehead atoms. The van der Waals surface area contributed by atoms with Gasteiger partial charge in [-0.05, 0) is 6.42 Å². The molecule has 90 valence electrons. The lowest BCUT2D eigenvalue weighted by Gasteiger charge is -2.16. The van der Waals surface area contributed by atoms with Crippen LogP contribution in [-0.4, -0.2) is 39.6 Å². The highest BCUT2D eigenvalue weighted by Gasteiger charge is 2.10. The molecule has 6 heteroatoms. The van der Waals surface area contributed by atoms with Gasteiger partial charge in [0.25, 0.3) is 0 Å². The lowest BCUT2D eigenvalue weighted by Crippen LogP contribution is -2.28. The van der Waals surface area contributed by atoms with Gasteiger partial charge in [-0.25, -0.2) is 9.48 Å². The van der Waals surface area contributed by atoms with Crippen molar-refractivity contribution in [1.29, 1.82) is 0 Å². The smallest absolute Gasteiger partial charge is 0.409 e. The number of nitrogens with zero attached hydrogens (tertiary/aromatic N) is 4. The van der Waals surface area contributed by atoms with E-state index in [4.69, 9.17) is 4.74 Å². The van der Waals surface area contributed by atoms with Gasteiger partial charge in [0.15, 0.2) is 0 Å². The fourth-order valence-electron chi connectivity index (χ4n) is 1.17. The summed E-state index contributed by atoms with van der Waals surface area (Å²) in [6, 6.07) is 0. The third-order valence-electron chi connectivity index (χ3n) is 2.31. The summed E-state index contributed by atoms with van der Waals surface area (Å²) in [6.07, 6.45) is 3.32. The van der Waals surface area contributed by atoms with Crippen LogP contribution >= 0.6 is 0 Å². The molecular weight excluding hydrogens is 208 g/mol. The summed E-state index contributed by atoms with van der Waals surface area (Å²) in [5, 5.41) is 7.45. The summed E-state index contributed by atoms with van der Waals surface area (Å²) in [5.41, 5.74) is 0.775. The van der Waals surface area contributed by atoms with E-state index >= 15 is 0 Å². The number of aryl methyl sites for hydroxylation is 1. The second-order valence-corrected chi connectivity index (χ2v) is 3.68. The van der Waals surface area contributed by atoms with Gasteiger partial charge in [0, 0.05) is 20.6 Å². The molecule has 1 amide bonds. The minimum absolute atomic E-state index is 0.207. The van der Waals surface area contributed by atoms with Crippen molar-refractivity contribution >= 4 is 6.09 Å². The van der Waals surface area contributed by atoms with Crippen LogP contribution in [0.15, 0.2) is 6.20 Å². The fourth-order valence-corrected chi connectivity index (χ4v) is 1.17. The van der Waals surface area contributed by atoms with Crippen LogP contribution in [0.25, 0.3) is 0 Å². The summed E-state index contributed by atoms with van der Waals surface area (Å²) < 4.78 is 6.69. The Morgan fingerprint density at radius 3 is 2.94 bits per heavy atom. The number of hydrogen-bond acceptors (Lipinski definition) is 4. The maximum absolute atomic E-state index is 11.5. The highest BCUT2D eigenvalue weighted by atomic mass is 16.6. The molecule has 1 aromatic heterocycles. The molecule has 1 rings (SSSR count). The van der Waals surface area contributed by atoms with Gasteiger partial charge in [-0.15, -0.1) is 5.10 Å². The summed E-state index contributed by atoms with van der Waals surface area (Å²) >= 11 is 0. The average molecular weight is 226 g/mol. The lowest BCUT2D eigenvalue weighted by molar-refractivity contribution is 0.102. The van der Waals surface area contributed by atoms with Crippen LogP contribution in [0.3, 0.4) is 0 Å². The standard InChI is InChI=1S/C10H18N4O2/c1-4-5-6-13(2)10(15)16-8-9-7-11-12-14(9)3/h7H,4-6,8H2,1-3H3. The molecule has 0 aliphatic carbocycles. The van der Waals surface area contributed by atoms with Crippen molar-refractivity contribution in [3.8, 4) is 0 Å². The van der Waals surface area contributed by atoms with E-state index in [9.17, 15) is 4.79 Å². The molecule has 16 heavy (non-hydrogen) atoms. The molecule has 0 aliphatic rings. The zero-order valence-electron chi connectivity index (χ0n) is 10.0. The molecule has 1 aromatic rings. The first kappa shape index (κ1) is 12.5. The Balaban J connectivity index is 2.32. The van der Waals surface area contributed by atoms with Crippen LogP contribution < -0.4 is 0 Å². The van der Waals surface area contributed by atoms with Crippen LogP contribution in [0.4, 0.5) is 4.79 Å². The van der Waals surface area contributed by atoms with Gasteiger partial charge in [0.2, 0.25) is 0 Å². The van der Waals surface area contributed by atoms with Crippen LogP contribution in [0.2, 0.25) is 0 Å².